The maximum absolute atomic E-state index is 11.4. The molecule has 0 bridgehead atoms. The van der Waals surface area contributed by atoms with E-state index in [0.29, 0.717) is 6.92 Å². The van der Waals surface area contributed by atoms with E-state index in [1.165, 1.54) is 0 Å². The Morgan fingerprint density at radius 2 is 1.44 bits per heavy atom. The van der Waals surface area contributed by atoms with Gasteiger partial charge in [-0.2, -0.15) is 17.6 Å². The summed E-state index contributed by atoms with van der Waals surface area (Å²) in [6, 6.07) is 0. The maximum Gasteiger partial charge on any atom is 0.445 e. The third kappa shape index (κ3) is 2.43. The van der Waals surface area contributed by atoms with Crippen molar-refractivity contribution >= 4 is 0 Å². The fourth-order valence-corrected chi connectivity index (χ4v) is 0.195. The number of halogens is 5. The highest BCUT2D eigenvalue weighted by molar-refractivity contribution is 5.02. The van der Waals surface area contributed by atoms with E-state index >= 15 is 0 Å². The van der Waals surface area contributed by atoms with Crippen molar-refractivity contribution in [1.29, 1.82) is 0 Å². The minimum absolute atomic E-state index is 0.406. The highest BCUT2D eigenvalue weighted by Gasteiger charge is 2.36. The van der Waals surface area contributed by atoms with E-state index in [4.69, 9.17) is 0 Å². The lowest BCUT2D eigenvalue weighted by molar-refractivity contribution is -0.111. The summed E-state index contributed by atoms with van der Waals surface area (Å²) in [4.78, 5) is 0. The van der Waals surface area contributed by atoms with Gasteiger partial charge in [-0.1, -0.05) is 0 Å². The number of alkyl halides is 3. The fourth-order valence-electron chi connectivity index (χ4n) is 0.195. The van der Waals surface area contributed by atoms with Crippen LogP contribution in [0.5, 0.6) is 0 Å². The van der Waals surface area contributed by atoms with Crippen molar-refractivity contribution in [3.05, 3.63) is 11.7 Å². The molecule has 0 heterocycles. The van der Waals surface area contributed by atoms with Crippen molar-refractivity contribution in [2.75, 3.05) is 0 Å². The molecule has 0 atom stereocenters. The Hall–Kier alpha value is -0.610. The van der Waals surface area contributed by atoms with E-state index < -0.39 is 17.8 Å². The number of rotatable bonds is 0. The first kappa shape index (κ1) is 8.39. The molecule has 5 heteroatoms. The lowest BCUT2D eigenvalue weighted by Gasteiger charge is -2.00. The summed E-state index contributed by atoms with van der Waals surface area (Å²) >= 11 is 0. The molecule has 0 saturated carbocycles. The van der Waals surface area contributed by atoms with Gasteiger partial charge in [-0.05, 0) is 6.92 Å². The van der Waals surface area contributed by atoms with Gasteiger partial charge in [-0.25, -0.2) is 4.39 Å². The number of allylic oxidation sites excluding steroid dienone is 2. The Bertz CT molecular complexity index is 126. The van der Waals surface area contributed by atoms with Crippen LogP contribution in [0.3, 0.4) is 0 Å². The van der Waals surface area contributed by atoms with Gasteiger partial charge in [-0.3, -0.25) is 0 Å². The average molecular weight is 146 g/mol. The van der Waals surface area contributed by atoms with Crippen LogP contribution in [0.4, 0.5) is 22.0 Å². The van der Waals surface area contributed by atoms with Crippen molar-refractivity contribution in [2.24, 2.45) is 0 Å². The first-order valence-electron chi connectivity index (χ1n) is 1.94. The molecule has 0 unspecified atom stereocenters. The molecule has 9 heavy (non-hydrogen) atoms. The van der Waals surface area contributed by atoms with Crippen molar-refractivity contribution < 1.29 is 22.0 Å². The molecule has 0 aromatic carbocycles. The summed E-state index contributed by atoms with van der Waals surface area (Å²) < 4.78 is 55.9. The fraction of sp³-hybridized carbons (Fsp3) is 0.500. The summed E-state index contributed by atoms with van der Waals surface area (Å²) in [6.07, 6.45) is -5.18. The molecule has 0 aromatic rings. The Morgan fingerprint density at radius 3 is 1.44 bits per heavy atom. The first-order valence-corrected chi connectivity index (χ1v) is 1.94. The van der Waals surface area contributed by atoms with Gasteiger partial charge in [0.05, 0.1) is 0 Å². The van der Waals surface area contributed by atoms with Crippen LogP contribution in [0, 0.1) is 0 Å². The van der Waals surface area contributed by atoms with Crippen molar-refractivity contribution in [1.82, 2.24) is 0 Å². The molecule has 0 spiro atoms. The van der Waals surface area contributed by atoms with Crippen LogP contribution in [0.15, 0.2) is 11.7 Å². The maximum atomic E-state index is 11.4. The lowest BCUT2D eigenvalue weighted by atomic mass is 10.4. The Kier molecular flexibility index (Phi) is 2.17. The largest absolute Gasteiger partial charge is 0.445 e. The van der Waals surface area contributed by atoms with Crippen LogP contribution in [0.2, 0.25) is 0 Å². The molecule has 54 valence electrons. The van der Waals surface area contributed by atoms with E-state index in [0.717, 1.165) is 0 Å². The zero-order valence-electron chi connectivity index (χ0n) is 4.39. The molecule has 0 amide bonds. The van der Waals surface area contributed by atoms with E-state index in [9.17, 15) is 22.0 Å². The Balaban J connectivity index is 4.40. The molecule has 0 nitrogen and oxygen atoms in total. The standard InChI is InChI=1S/C4H3F5/c1-2(5)3(6)4(7,8)9/h1H3/b3-2+. The molecule has 0 fully saturated rings. The van der Waals surface area contributed by atoms with Gasteiger partial charge in [0.15, 0.2) is 0 Å². The molecular formula is C4H3F5. The van der Waals surface area contributed by atoms with Crippen molar-refractivity contribution in [3.8, 4) is 0 Å². The van der Waals surface area contributed by atoms with E-state index in [2.05, 4.69) is 0 Å². The Labute approximate surface area is 48.0 Å². The molecule has 0 aliphatic heterocycles. The van der Waals surface area contributed by atoms with E-state index in [-0.39, 0.29) is 0 Å². The molecule has 0 rings (SSSR count). The normalized spacial score (nSPS) is 15.3. The summed E-state index contributed by atoms with van der Waals surface area (Å²) in [7, 11) is 0. The van der Waals surface area contributed by atoms with Gasteiger partial charge in [0, 0.05) is 0 Å². The van der Waals surface area contributed by atoms with Crippen molar-refractivity contribution in [2.45, 2.75) is 13.1 Å². The number of hydrogen-bond donors (Lipinski definition) is 0. The molecule has 0 radical (unpaired) electrons. The molecule has 0 aliphatic rings. The molecule has 0 N–H and O–H groups in total. The lowest BCUT2D eigenvalue weighted by Crippen LogP contribution is -2.08. The second-order valence-corrected chi connectivity index (χ2v) is 1.35. The number of hydrogen-bond acceptors (Lipinski definition) is 0. The zero-order valence-corrected chi connectivity index (χ0v) is 4.39. The van der Waals surface area contributed by atoms with Gasteiger partial charge in [0.2, 0.25) is 5.83 Å². The molecular weight excluding hydrogens is 143 g/mol. The predicted octanol–water partition coefficient (Wildman–Crippen LogP) is 2.72. The van der Waals surface area contributed by atoms with Gasteiger partial charge < -0.3 is 0 Å². The first-order chi connectivity index (χ1) is 3.85. The minimum Gasteiger partial charge on any atom is -0.209 e. The summed E-state index contributed by atoms with van der Waals surface area (Å²) in [6.45, 7) is 0.406. The van der Waals surface area contributed by atoms with Crippen LogP contribution in [-0.4, -0.2) is 6.18 Å². The average Bonchev–Trinajstić information content (AvgIpc) is 1.62. The van der Waals surface area contributed by atoms with Gasteiger partial charge in [0.1, 0.15) is 5.83 Å². The monoisotopic (exact) mass is 146 g/mol. The predicted molar refractivity (Wildman–Crippen MR) is 21.0 cm³/mol. The van der Waals surface area contributed by atoms with E-state index in [1.54, 1.807) is 0 Å². The topological polar surface area (TPSA) is 0 Å². The van der Waals surface area contributed by atoms with Crippen LogP contribution in [-0.2, 0) is 0 Å². The SMILES string of the molecule is C/C(F)=C(\F)C(F)(F)F. The third-order valence-corrected chi connectivity index (χ3v) is 0.551. The van der Waals surface area contributed by atoms with Crippen LogP contribution in [0.25, 0.3) is 0 Å². The molecule has 0 saturated heterocycles. The van der Waals surface area contributed by atoms with Crippen LogP contribution < -0.4 is 0 Å². The third-order valence-electron chi connectivity index (χ3n) is 0.551. The van der Waals surface area contributed by atoms with E-state index in [1.807, 2.05) is 0 Å². The van der Waals surface area contributed by atoms with Crippen LogP contribution >= 0.6 is 0 Å². The molecule has 0 aromatic heterocycles. The second-order valence-electron chi connectivity index (χ2n) is 1.35. The van der Waals surface area contributed by atoms with Gasteiger partial charge in [0.25, 0.3) is 0 Å². The second kappa shape index (κ2) is 2.33. The highest BCUT2D eigenvalue weighted by atomic mass is 19.4. The van der Waals surface area contributed by atoms with Gasteiger partial charge in [-0.15, -0.1) is 0 Å². The van der Waals surface area contributed by atoms with Crippen LogP contribution in [0.1, 0.15) is 6.92 Å². The highest BCUT2D eigenvalue weighted by Crippen LogP contribution is 2.29. The Morgan fingerprint density at radius 1 is 1.11 bits per heavy atom. The van der Waals surface area contributed by atoms with Crippen molar-refractivity contribution in [3.63, 3.8) is 0 Å². The smallest absolute Gasteiger partial charge is 0.209 e. The van der Waals surface area contributed by atoms with Gasteiger partial charge >= 0.3 is 6.18 Å². The quantitative estimate of drug-likeness (QED) is 0.461. The summed E-state index contributed by atoms with van der Waals surface area (Å²) in [5.74, 6) is -4.51. The zero-order chi connectivity index (χ0) is 7.65. The minimum atomic E-state index is -5.18. The summed E-state index contributed by atoms with van der Waals surface area (Å²) in [5.41, 5.74) is 0. The summed E-state index contributed by atoms with van der Waals surface area (Å²) in [5, 5.41) is 0. The molecule has 0 aliphatic carbocycles.